The number of aromatic nitrogens is 2. The van der Waals surface area contributed by atoms with Crippen LogP contribution in [0, 0.1) is 0 Å². The Bertz CT molecular complexity index is 769. The Morgan fingerprint density at radius 1 is 0.955 bits per heavy atom. The fraction of sp³-hybridized carbons (Fsp3) is 0.222. The van der Waals surface area contributed by atoms with Crippen LogP contribution < -0.4 is 5.73 Å². The Hall–Kier alpha value is -2.62. The van der Waals surface area contributed by atoms with Gasteiger partial charge >= 0.3 is 0 Å². The maximum atomic E-state index is 5.84. The van der Waals surface area contributed by atoms with Gasteiger partial charge in [-0.2, -0.15) is 0 Å². The van der Waals surface area contributed by atoms with Gasteiger partial charge in [0.2, 0.25) is 5.95 Å². The van der Waals surface area contributed by atoms with E-state index in [9.17, 15) is 0 Å². The second-order valence-corrected chi connectivity index (χ2v) is 6.30. The molecule has 0 aliphatic rings. The lowest BCUT2D eigenvalue weighted by atomic mass is 9.86. The zero-order valence-corrected chi connectivity index (χ0v) is 13.0. The van der Waals surface area contributed by atoms with Gasteiger partial charge in [0.25, 0.3) is 0 Å². The summed E-state index contributed by atoms with van der Waals surface area (Å²) < 4.78 is 5.38. The van der Waals surface area contributed by atoms with E-state index >= 15 is 0 Å². The number of anilines is 1. The summed E-state index contributed by atoms with van der Waals surface area (Å²) in [4.78, 5) is 8.56. The van der Waals surface area contributed by atoms with E-state index in [2.05, 4.69) is 55.0 Å². The third-order valence-corrected chi connectivity index (χ3v) is 3.56. The summed E-state index contributed by atoms with van der Waals surface area (Å²) in [5.41, 5.74) is 9.74. The first-order valence-electron chi connectivity index (χ1n) is 7.23. The quantitative estimate of drug-likeness (QED) is 0.765. The molecule has 1 aromatic carbocycles. The van der Waals surface area contributed by atoms with Crippen molar-refractivity contribution < 1.29 is 4.42 Å². The summed E-state index contributed by atoms with van der Waals surface area (Å²) in [6.45, 7) is 6.58. The Balaban J connectivity index is 2.01. The molecule has 0 unspecified atom stereocenters. The molecule has 0 saturated carbocycles. The second-order valence-electron chi connectivity index (χ2n) is 6.30. The monoisotopic (exact) mass is 293 g/mol. The van der Waals surface area contributed by atoms with E-state index in [-0.39, 0.29) is 11.4 Å². The highest BCUT2D eigenvalue weighted by Crippen LogP contribution is 2.27. The van der Waals surface area contributed by atoms with Crippen molar-refractivity contribution in [1.29, 1.82) is 0 Å². The topological polar surface area (TPSA) is 64.9 Å². The largest absolute Gasteiger partial charge is 0.463 e. The van der Waals surface area contributed by atoms with Crippen LogP contribution in [0.25, 0.3) is 22.7 Å². The molecule has 4 nitrogen and oxygen atoms in total. The minimum atomic E-state index is 0.128. The molecule has 0 saturated heterocycles. The third kappa shape index (κ3) is 2.86. The summed E-state index contributed by atoms with van der Waals surface area (Å²) in [6, 6.07) is 13.9. The smallest absolute Gasteiger partial charge is 0.221 e. The van der Waals surface area contributed by atoms with Gasteiger partial charge in [-0.05, 0) is 29.2 Å². The minimum absolute atomic E-state index is 0.128. The molecule has 0 atom stereocenters. The SMILES string of the molecule is CC(C)(C)c1ccc(-c2cc(-c3ccco3)nc(N)n2)cc1. The molecule has 2 N–H and O–H groups in total. The molecule has 112 valence electrons. The van der Waals surface area contributed by atoms with Crippen LogP contribution in [0.3, 0.4) is 0 Å². The molecule has 0 aliphatic carbocycles. The molecule has 3 rings (SSSR count). The van der Waals surface area contributed by atoms with Gasteiger partial charge in [0, 0.05) is 5.56 Å². The third-order valence-electron chi connectivity index (χ3n) is 3.56. The molecule has 0 radical (unpaired) electrons. The summed E-state index contributed by atoms with van der Waals surface area (Å²) >= 11 is 0. The van der Waals surface area contributed by atoms with Crippen molar-refractivity contribution in [2.45, 2.75) is 26.2 Å². The highest BCUT2D eigenvalue weighted by Gasteiger charge is 2.14. The number of furan rings is 1. The lowest BCUT2D eigenvalue weighted by molar-refractivity contribution is 0.580. The Labute approximate surface area is 130 Å². The normalized spacial score (nSPS) is 11.6. The van der Waals surface area contributed by atoms with Crippen LogP contribution in [0.1, 0.15) is 26.3 Å². The zero-order chi connectivity index (χ0) is 15.7. The molecule has 0 amide bonds. The van der Waals surface area contributed by atoms with Crippen molar-refractivity contribution in [1.82, 2.24) is 9.97 Å². The fourth-order valence-electron chi connectivity index (χ4n) is 2.31. The molecular weight excluding hydrogens is 274 g/mol. The number of hydrogen-bond acceptors (Lipinski definition) is 4. The van der Waals surface area contributed by atoms with E-state index in [0.717, 1.165) is 11.3 Å². The minimum Gasteiger partial charge on any atom is -0.463 e. The summed E-state index contributed by atoms with van der Waals surface area (Å²) in [6.07, 6.45) is 1.62. The first kappa shape index (κ1) is 14.3. The average molecular weight is 293 g/mol. The molecule has 4 heteroatoms. The molecule has 0 fully saturated rings. The molecule has 3 aromatic rings. The van der Waals surface area contributed by atoms with Crippen LogP contribution in [0.15, 0.2) is 53.1 Å². The van der Waals surface area contributed by atoms with Crippen LogP contribution in [0.4, 0.5) is 5.95 Å². The Kier molecular flexibility index (Phi) is 3.45. The molecule has 0 spiro atoms. The number of nitrogens with zero attached hydrogens (tertiary/aromatic N) is 2. The highest BCUT2D eigenvalue weighted by atomic mass is 16.3. The average Bonchev–Trinajstić information content (AvgIpc) is 3.00. The van der Waals surface area contributed by atoms with E-state index in [1.54, 1.807) is 6.26 Å². The summed E-state index contributed by atoms with van der Waals surface area (Å²) in [5.74, 6) is 0.922. The van der Waals surface area contributed by atoms with Crippen LogP contribution >= 0.6 is 0 Å². The van der Waals surface area contributed by atoms with Crippen molar-refractivity contribution in [3.63, 3.8) is 0 Å². The van der Waals surface area contributed by atoms with Gasteiger partial charge in [0.15, 0.2) is 5.76 Å². The molecular formula is C18H19N3O. The standard InChI is InChI=1S/C18H19N3O/c1-18(2,3)13-8-6-12(7-9-13)14-11-15(21-17(19)20-14)16-5-4-10-22-16/h4-11H,1-3H3,(H2,19,20,21). The summed E-state index contributed by atoms with van der Waals surface area (Å²) in [7, 11) is 0. The van der Waals surface area contributed by atoms with Crippen LogP contribution in [0.5, 0.6) is 0 Å². The second kappa shape index (κ2) is 5.30. The number of rotatable bonds is 2. The van der Waals surface area contributed by atoms with Crippen molar-refractivity contribution in [2.24, 2.45) is 0 Å². The number of benzene rings is 1. The maximum Gasteiger partial charge on any atom is 0.221 e. The number of hydrogen-bond donors (Lipinski definition) is 1. The van der Waals surface area contributed by atoms with Gasteiger partial charge in [0.1, 0.15) is 5.69 Å². The van der Waals surface area contributed by atoms with Crippen LogP contribution in [-0.2, 0) is 5.41 Å². The van der Waals surface area contributed by atoms with Gasteiger partial charge in [-0.1, -0.05) is 45.0 Å². The van der Waals surface area contributed by atoms with Crippen molar-refractivity contribution >= 4 is 5.95 Å². The predicted molar refractivity (Wildman–Crippen MR) is 88.3 cm³/mol. The van der Waals surface area contributed by atoms with Gasteiger partial charge in [-0.25, -0.2) is 9.97 Å². The van der Waals surface area contributed by atoms with Crippen molar-refractivity contribution in [3.05, 3.63) is 54.3 Å². The zero-order valence-electron chi connectivity index (χ0n) is 13.0. The van der Waals surface area contributed by atoms with Gasteiger partial charge in [0.05, 0.1) is 12.0 Å². The first-order chi connectivity index (χ1) is 10.4. The van der Waals surface area contributed by atoms with E-state index in [1.807, 2.05) is 18.2 Å². The molecule has 22 heavy (non-hydrogen) atoms. The highest BCUT2D eigenvalue weighted by molar-refractivity contribution is 5.67. The maximum absolute atomic E-state index is 5.84. The van der Waals surface area contributed by atoms with Crippen molar-refractivity contribution in [2.75, 3.05) is 5.73 Å². The molecule has 0 bridgehead atoms. The van der Waals surface area contributed by atoms with Crippen molar-refractivity contribution in [3.8, 4) is 22.7 Å². The van der Waals surface area contributed by atoms with Crippen LogP contribution in [-0.4, -0.2) is 9.97 Å². The van der Waals surface area contributed by atoms with E-state index in [1.165, 1.54) is 5.56 Å². The Morgan fingerprint density at radius 2 is 1.64 bits per heavy atom. The number of nitrogens with two attached hydrogens (primary N) is 1. The van der Waals surface area contributed by atoms with E-state index in [4.69, 9.17) is 10.2 Å². The van der Waals surface area contributed by atoms with E-state index in [0.29, 0.717) is 11.5 Å². The Morgan fingerprint density at radius 3 is 2.23 bits per heavy atom. The van der Waals surface area contributed by atoms with Crippen LogP contribution in [0.2, 0.25) is 0 Å². The van der Waals surface area contributed by atoms with Gasteiger partial charge in [-0.3, -0.25) is 0 Å². The predicted octanol–water partition coefficient (Wildman–Crippen LogP) is 4.28. The molecule has 2 aromatic heterocycles. The number of nitrogen functional groups attached to an aromatic ring is 1. The lowest BCUT2D eigenvalue weighted by Gasteiger charge is -2.19. The lowest BCUT2D eigenvalue weighted by Crippen LogP contribution is -2.10. The summed E-state index contributed by atoms with van der Waals surface area (Å²) in [5, 5.41) is 0. The first-order valence-corrected chi connectivity index (χ1v) is 7.23. The molecule has 2 heterocycles. The van der Waals surface area contributed by atoms with Gasteiger partial charge < -0.3 is 10.2 Å². The van der Waals surface area contributed by atoms with E-state index < -0.39 is 0 Å². The van der Waals surface area contributed by atoms with Gasteiger partial charge in [-0.15, -0.1) is 0 Å². The fourth-order valence-corrected chi connectivity index (χ4v) is 2.31. The molecule has 0 aliphatic heterocycles.